The predicted octanol–water partition coefficient (Wildman–Crippen LogP) is 3.78. The Bertz CT molecular complexity index is 769. The van der Waals surface area contributed by atoms with Crippen molar-refractivity contribution in [3.8, 4) is 6.07 Å². The minimum absolute atomic E-state index is 0.445. The van der Waals surface area contributed by atoms with Crippen molar-refractivity contribution in [2.24, 2.45) is 5.73 Å². The molecule has 0 saturated heterocycles. The highest BCUT2D eigenvalue weighted by Gasteiger charge is 2.09. The van der Waals surface area contributed by atoms with Gasteiger partial charge in [0.05, 0.1) is 15.8 Å². The molecular formula is C15H11N3S2. The van der Waals surface area contributed by atoms with E-state index in [-0.39, 0.29) is 0 Å². The quantitative estimate of drug-likeness (QED) is 0.799. The van der Waals surface area contributed by atoms with E-state index < -0.39 is 0 Å². The molecule has 0 aliphatic rings. The zero-order valence-corrected chi connectivity index (χ0v) is 12.2. The molecule has 0 aliphatic heterocycles. The van der Waals surface area contributed by atoms with Crippen LogP contribution in [0.1, 0.15) is 11.1 Å². The summed E-state index contributed by atoms with van der Waals surface area (Å²) in [5, 5.41) is 9.24. The summed E-state index contributed by atoms with van der Waals surface area (Å²) in [6.07, 6.45) is 0. The van der Waals surface area contributed by atoms with Crippen molar-refractivity contribution in [2.45, 2.75) is 15.8 Å². The minimum Gasteiger partial charge on any atom is -0.326 e. The van der Waals surface area contributed by atoms with Crippen LogP contribution in [-0.2, 0) is 6.54 Å². The Kier molecular flexibility index (Phi) is 3.70. The van der Waals surface area contributed by atoms with E-state index in [9.17, 15) is 5.26 Å². The van der Waals surface area contributed by atoms with Crippen LogP contribution in [0.5, 0.6) is 0 Å². The number of fused-ring (bicyclic) bond motifs is 1. The molecule has 0 unspecified atom stereocenters. The van der Waals surface area contributed by atoms with Crippen LogP contribution in [-0.4, -0.2) is 4.98 Å². The maximum absolute atomic E-state index is 9.24. The molecule has 5 heteroatoms. The number of nitriles is 1. The van der Waals surface area contributed by atoms with E-state index in [1.807, 2.05) is 36.4 Å². The molecule has 3 aromatic rings. The van der Waals surface area contributed by atoms with Gasteiger partial charge in [-0.25, -0.2) is 4.98 Å². The first-order valence-electron chi connectivity index (χ1n) is 6.06. The van der Waals surface area contributed by atoms with E-state index in [4.69, 9.17) is 5.73 Å². The van der Waals surface area contributed by atoms with Crippen molar-refractivity contribution in [2.75, 3.05) is 0 Å². The molecule has 3 rings (SSSR count). The summed E-state index contributed by atoms with van der Waals surface area (Å²) in [6.45, 7) is 0.445. The maximum atomic E-state index is 9.24. The molecule has 0 saturated carbocycles. The van der Waals surface area contributed by atoms with Crippen molar-refractivity contribution >= 4 is 33.3 Å². The highest BCUT2D eigenvalue weighted by atomic mass is 32.2. The van der Waals surface area contributed by atoms with Gasteiger partial charge in [0.25, 0.3) is 0 Å². The average molecular weight is 297 g/mol. The fraction of sp³-hybridized carbons (Fsp3) is 0.0667. The smallest absolute Gasteiger partial charge is 0.155 e. The standard InChI is InChI=1S/C15H11N3S2/c16-8-10-5-6-13(11(7-10)9-17)19-15-18-12-3-1-2-4-14(12)20-15/h1-7H,8,16H2. The summed E-state index contributed by atoms with van der Waals surface area (Å²) in [7, 11) is 0. The lowest BCUT2D eigenvalue weighted by molar-refractivity contribution is 1.06. The summed E-state index contributed by atoms with van der Waals surface area (Å²) < 4.78 is 2.11. The third-order valence-corrected chi connectivity index (χ3v) is 5.04. The van der Waals surface area contributed by atoms with Gasteiger partial charge in [-0.15, -0.1) is 11.3 Å². The minimum atomic E-state index is 0.445. The summed E-state index contributed by atoms with van der Waals surface area (Å²) in [4.78, 5) is 5.49. The van der Waals surface area contributed by atoms with E-state index in [0.717, 1.165) is 25.0 Å². The van der Waals surface area contributed by atoms with Gasteiger partial charge in [0.2, 0.25) is 0 Å². The summed E-state index contributed by atoms with van der Waals surface area (Å²) in [6, 6.07) is 16.0. The van der Waals surface area contributed by atoms with Gasteiger partial charge in [0.1, 0.15) is 6.07 Å². The highest BCUT2D eigenvalue weighted by Crippen LogP contribution is 2.35. The maximum Gasteiger partial charge on any atom is 0.155 e. The Hall–Kier alpha value is -1.87. The van der Waals surface area contributed by atoms with Crippen molar-refractivity contribution in [1.82, 2.24) is 4.98 Å². The molecule has 2 N–H and O–H groups in total. The van der Waals surface area contributed by atoms with Gasteiger partial charge in [-0.05, 0) is 29.8 Å². The predicted molar refractivity (Wildman–Crippen MR) is 82.8 cm³/mol. The SMILES string of the molecule is N#Cc1cc(CN)ccc1Sc1nc2ccccc2s1. The van der Waals surface area contributed by atoms with Gasteiger partial charge < -0.3 is 5.73 Å². The Labute approximate surface area is 125 Å². The van der Waals surface area contributed by atoms with Gasteiger partial charge in [-0.3, -0.25) is 0 Å². The molecule has 1 heterocycles. The molecule has 3 nitrogen and oxygen atoms in total. The Morgan fingerprint density at radius 2 is 2.10 bits per heavy atom. The van der Waals surface area contributed by atoms with E-state index in [2.05, 4.69) is 17.1 Å². The second-order valence-electron chi connectivity index (χ2n) is 4.20. The lowest BCUT2D eigenvalue weighted by atomic mass is 10.1. The highest BCUT2D eigenvalue weighted by molar-refractivity contribution is 8.01. The third kappa shape index (κ3) is 2.54. The van der Waals surface area contributed by atoms with E-state index >= 15 is 0 Å². The normalized spacial score (nSPS) is 10.6. The number of hydrogen-bond donors (Lipinski definition) is 1. The van der Waals surface area contributed by atoms with E-state index in [1.54, 1.807) is 11.3 Å². The molecule has 0 aliphatic carbocycles. The number of rotatable bonds is 3. The Morgan fingerprint density at radius 1 is 1.25 bits per heavy atom. The second kappa shape index (κ2) is 5.63. The molecule has 0 fully saturated rings. The number of para-hydroxylation sites is 1. The monoisotopic (exact) mass is 297 g/mol. The van der Waals surface area contributed by atoms with Crippen LogP contribution in [0.3, 0.4) is 0 Å². The van der Waals surface area contributed by atoms with Gasteiger partial charge in [0, 0.05) is 11.4 Å². The van der Waals surface area contributed by atoms with Crippen molar-refractivity contribution in [1.29, 1.82) is 5.26 Å². The molecule has 1 aromatic heterocycles. The van der Waals surface area contributed by atoms with Crippen LogP contribution in [0.25, 0.3) is 10.2 Å². The molecule has 2 aromatic carbocycles. The molecule has 98 valence electrons. The first-order valence-corrected chi connectivity index (χ1v) is 7.70. The zero-order chi connectivity index (χ0) is 13.9. The molecule has 0 atom stereocenters. The van der Waals surface area contributed by atoms with Gasteiger partial charge in [-0.1, -0.05) is 30.0 Å². The van der Waals surface area contributed by atoms with Gasteiger partial charge in [-0.2, -0.15) is 5.26 Å². The number of nitrogens with zero attached hydrogens (tertiary/aromatic N) is 2. The Morgan fingerprint density at radius 3 is 2.85 bits per heavy atom. The van der Waals surface area contributed by atoms with Crippen LogP contribution in [0, 0.1) is 11.3 Å². The lowest BCUT2D eigenvalue weighted by Gasteiger charge is -2.03. The number of aromatic nitrogens is 1. The van der Waals surface area contributed by atoms with Crippen LogP contribution < -0.4 is 5.73 Å². The second-order valence-corrected chi connectivity index (χ2v) is 6.52. The molecular weight excluding hydrogens is 286 g/mol. The van der Waals surface area contributed by atoms with Gasteiger partial charge >= 0.3 is 0 Å². The number of thiazole rings is 1. The van der Waals surface area contributed by atoms with Crippen LogP contribution in [0.4, 0.5) is 0 Å². The van der Waals surface area contributed by atoms with Crippen molar-refractivity contribution in [3.05, 3.63) is 53.6 Å². The fourth-order valence-electron chi connectivity index (χ4n) is 1.87. The third-order valence-electron chi connectivity index (χ3n) is 2.87. The molecule has 0 bridgehead atoms. The number of benzene rings is 2. The van der Waals surface area contributed by atoms with Gasteiger partial charge in [0.15, 0.2) is 4.34 Å². The van der Waals surface area contributed by atoms with E-state index in [1.165, 1.54) is 11.8 Å². The van der Waals surface area contributed by atoms with Crippen LogP contribution >= 0.6 is 23.1 Å². The molecule has 0 radical (unpaired) electrons. The Balaban J connectivity index is 1.96. The first kappa shape index (κ1) is 13.1. The molecule has 0 amide bonds. The summed E-state index contributed by atoms with van der Waals surface area (Å²) in [5.74, 6) is 0. The first-order chi connectivity index (χ1) is 9.80. The average Bonchev–Trinajstić information content (AvgIpc) is 2.90. The summed E-state index contributed by atoms with van der Waals surface area (Å²) in [5.41, 5.74) is 8.22. The molecule has 0 spiro atoms. The van der Waals surface area contributed by atoms with Crippen LogP contribution in [0.15, 0.2) is 51.7 Å². The van der Waals surface area contributed by atoms with E-state index in [0.29, 0.717) is 12.1 Å². The number of hydrogen-bond acceptors (Lipinski definition) is 5. The molecule has 20 heavy (non-hydrogen) atoms. The van der Waals surface area contributed by atoms with Crippen LogP contribution in [0.2, 0.25) is 0 Å². The van der Waals surface area contributed by atoms with Crippen molar-refractivity contribution in [3.63, 3.8) is 0 Å². The fourth-order valence-corrected chi connectivity index (χ4v) is 3.95. The van der Waals surface area contributed by atoms with Crippen molar-refractivity contribution < 1.29 is 0 Å². The summed E-state index contributed by atoms with van der Waals surface area (Å²) >= 11 is 3.17. The zero-order valence-electron chi connectivity index (χ0n) is 10.5. The lowest BCUT2D eigenvalue weighted by Crippen LogP contribution is -1.96. The topological polar surface area (TPSA) is 62.7 Å². The largest absolute Gasteiger partial charge is 0.326 e. The number of nitrogens with two attached hydrogens (primary N) is 1.